The molecular weight excluding hydrogens is 157 g/mol. The van der Waals surface area contributed by atoms with Gasteiger partial charge in [-0.3, -0.25) is 0 Å². The third-order valence-corrected chi connectivity index (χ3v) is 1.65. The van der Waals surface area contributed by atoms with Crippen LogP contribution in [-0.2, 0) is 11.3 Å². The molecule has 0 atom stereocenters. The Kier molecular flexibility index (Phi) is 3.05. The van der Waals surface area contributed by atoms with Gasteiger partial charge in [0.15, 0.2) is 0 Å². The minimum atomic E-state index is -0.243. The van der Waals surface area contributed by atoms with E-state index in [1.807, 2.05) is 6.07 Å². The molecule has 1 aromatic carbocycles. The first-order valence-corrected chi connectivity index (χ1v) is 3.73. The maximum atomic E-state index is 13.1. The number of nitrogens with one attached hydrogen (secondary N) is 1. The van der Waals surface area contributed by atoms with Gasteiger partial charge in [-0.05, 0) is 6.07 Å². The van der Waals surface area contributed by atoms with E-state index in [2.05, 4.69) is 5.32 Å². The minimum Gasteiger partial charge on any atom is -0.385 e. The highest BCUT2D eigenvalue weighted by Crippen LogP contribution is 2.19. The number of rotatable bonds is 3. The summed E-state index contributed by atoms with van der Waals surface area (Å²) in [7, 11) is 3.28. The van der Waals surface area contributed by atoms with E-state index < -0.39 is 0 Å². The molecule has 0 fully saturated rings. The number of halogens is 1. The van der Waals surface area contributed by atoms with Crippen molar-refractivity contribution in [3.63, 3.8) is 0 Å². The quantitative estimate of drug-likeness (QED) is 0.747. The van der Waals surface area contributed by atoms with Crippen molar-refractivity contribution in [3.8, 4) is 0 Å². The van der Waals surface area contributed by atoms with Gasteiger partial charge >= 0.3 is 0 Å². The summed E-state index contributed by atoms with van der Waals surface area (Å²) < 4.78 is 18.0. The van der Waals surface area contributed by atoms with Crippen molar-refractivity contribution in [3.05, 3.63) is 29.6 Å². The molecule has 0 saturated heterocycles. The summed E-state index contributed by atoms with van der Waals surface area (Å²) in [5.74, 6) is -0.243. The number of benzene rings is 1. The summed E-state index contributed by atoms with van der Waals surface area (Å²) >= 11 is 0. The van der Waals surface area contributed by atoms with Gasteiger partial charge in [0.2, 0.25) is 0 Å². The standard InChI is InChI=1S/C9H12FNO/c1-11-9-7(6-12-2)4-3-5-8(9)10/h3-5,11H,6H2,1-2H3. The van der Waals surface area contributed by atoms with Crippen LogP contribution in [0.2, 0.25) is 0 Å². The lowest BCUT2D eigenvalue weighted by Crippen LogP contribution is -1.99. The summed E-state index contributed by atoms with van der Waals surface area (Å²) in [6, 6.07) is 4.92. The summed E-state index contributed by atoms with van der Waals surface area (Å²) in [5, 5.41) is 2.79. The molecule has 1 N–H and O–H groups in total. The molecule has 66 valence electrons. The van der Waals surface area contributed by atoms with Crippen LogP contribution in [0.5, 0.6) is 0 Å². The first-order chi connectivity index (χ1) is 5.79. The zero-order valence-electron chi connectivity index (χ0n) is 7.23. The van der Waals surface area contributed by atoms with E-state index in [0.717, 1.165) is 5.56 Å². The number of ether oxygens (including phenoxy) is 1. The molecule has 0 aliphatic carbocycles. The fourth-order valence-corrected chi connectivity index (χ4v) is 1.12. The van der Waals surface area contributed by atoms with Crippen LogP contribution < -0.4 is 5.32 Å². The molecule has 2 nitrogen and oxygen atoms in total. The Balaban J connectivity index is 3.00. The van der Waals surface area contributed by atoms with Gasteiger partial charge in [-0.15, -0.1) is 0 Å². The molecule has 0 bridgehead atoms. The average molecular weight is 169 g/mol. The highest BCUT2D eigenvalue weighted by atomic mass is 19.1. The fraction of sp³-hybridized carbons (Fsp3) is 0.333. The Bertz CT molecular complexity index is 263. The number of methoxy groups -OCH3 is 1. The minimum absolute atomic E-state index is 0.243. The highest BCUT2D eigenvalue weighted by molar-refractivity contribution is 5.51. The lowest BCUT2D eigenvalue weighted by Gasteiger charge is -2.08. The van der Waals surface area contributed by atoms with Crippen molar-refractivity contribution in [2.45, 2.75) is 6.61 Å². The molecule has 0 aliphatic rings. The van der Waals surface area contributed by atoms with Gasteiger partial charge in [0.25, 0.3) is 0 Å². The number of hydrogen-bond acceptors (Lipinski definition) is 2. The Hall–Kier alpha value is -1.09. The lowest BCUT2D eigenvalue weighted by atomic mass is 10.2. The molecule has 0 aliphatic heterocycles. The lowest BCUT2D eigenvalue weighted by molar-refractivity contribution is 0.185. The van der Waals surface area contributed by atoms with Crippen molar-refractivity contribution in [1.82, 2.24) is 0 Å². The van der Waals surface area contributed by atoms with E-state index in [1.54, 1.807) is 20.2 Å². The van der Waals surface area contributed by atoms with Gasteiger partial charge in [-0.25, -0.2) is 4.39 Å². The van der Waals surface area contributed by atoms with E-state index in [-0.39, 0.29) is 5.82 Å². The third-order valence-electron chi connectivity index (χ3n) is 1.65. The molecule has 0 unspecified atom stereocenters. The maximum Gasteiger partial charge on any atom is 0.146 e. The van der Waals surface area contributed by atoms with Gasteiger partial charge in [0.05, 0.1) is 12.3 Å². The summed E-state index contributed by atoms with van der Waals surface area (Å²) in [6.07, 6.45) is 0. The predicted octanol–water partition coefficient (Wildman–Crippen LogP) is 2.01. The molecular formula is C9H12FNO. The van der Waals surface area contributed by atoms with Crippen LogP contribution in [-0.4, -0.2) is 14.2 Å². The van der Waals surface area contributed by atoms with Gasteiger partial charge < -0.3 is 10.1 Å². The zero-order chi connectivity index (χ0) is 8.97. The highest BCUT2D eigenvalue weighted by Gasteiger charge is 2.04. The van der Waals surface area contributed by atoms with E-state index >= 15 is 0 Å². The predicted molar refractivity (Wildman–Crippen MR) is 46.7 cm³/mol. The van der Waals surface area contributed by atoms with Gasteiger partial charge in [-0.2, -0.15) is 0 Å². The summed E-state index contributed by atoms with van der Waals surface area (Å²) in [6.45, 7) is 0.425. The van der Waals surface area contributed by atoms with Gasteiger partial charge in [0.1, 0.15) is 5.82 Å². The summed E-state index contributed by atoms with van der Waals surface area (Å²) in [5.41, 5.74) is 1.35. The monoisotopic (exact) mass is 169 g/mol. The van der Waals surface area contributed by atoms with Crippen molar-refractivity contribution >= 4 is 5.69 Å². The second kappa shape index (κ2) is 4.07. The average Bonchev–Trinajstić information content (AvgIpc) is 2.05. The number of anilines is 1. The third kappa shape index (κ3) is 1.74. The molecule has 0 heterocycles. The molecule has 0 radical (unpaired) electrons. The van der Waals surface area contributed by atoms with Crippen LogP contribution in [0, 0.1) is 5.82 Å². The van der Waals surface area contributed by atoms with Crippen molar-refractivity contribution < 1.29 is 9.13 Å². The van der Waals surface area contributed by atoms with Crippen LogP contribution >= 0.6 is 0 Å². The molecule has 1 rings (SSSR count). The second-order valence-electron chi connectivity index (χ2n) is 2.46. The Morgan fingerprint density at radius 1 is 1.50 bits per heavy atom. The van der Waals surface area contributed by atoms with Gasteiger partial charge in [0, 0.05) is 19.7 Å². The van der Waals surface area contributed by atoms with Crippen LogP contribution in [0.25, 0.3) is 0 Å². The molecule has 0 amide bonds. The maximum absolute atomic E-state index is 13.1. The van der Waals surface area contributed by atoms with E-state index in [0.29, 0.717) is 12.3 Å². The van der Waals surface area contributed by atoms with Gasteiger partial charge in [-0.1, -0.05) is 12.1 Å². The van der Waals surface area contributed by atoms with Crippen LogP contribution in [0.1, 0.15) is 5.56 Å². The summed E-state index contributed by atoms with van der Waals surface area (Å²) in [4.78, 5) is 0. The molecule has 1 aromatic rings. The smallest absolute Gasteiger partial charge is 0.146 e. The zero-order valence-corrected chi connectivity index (χ0v) is 7.23. The molecule has 3 heteroatoms. The van der Waals surface area contributed by atoms with E-state index in [9.17, 15) is 4.39 Å². The molecule has 12 heavy (non-hydrogen) atoms. The SMILES string of the molecule is CNc1c(F)cccc1COC. The largest absolute Gasteiger partial charge is 0.385 e. The first-order valence-electron chi connectivity index (χ1n) is 3.73. The van der Waals surface area contributed by atoms with Crippen LogP contribution in [0.4, 0.5) is 10.1 Å². The van der Waals surface area contributed by atoms with E-state index in [1.165, 1.54) is 6.07 Å². The fourth-order valence-electron chi connectivity index (χ4n) is 1.12. The first kappa shape index (κ1) is 9.00. The van der Waals surface area contributed by atoms with Crippen molar-refractivity contribution in [1.29, 1.82) is 0 Å². The normalized spacial score (nSPS) is 9.92. The molecule has 0 spiro atoms. The van der Waals surface area contributed by atoms with Crippen LogP contribution in [0.3, 0.4) is 0 Å². The second-order valence-corrected chi connectivity index (χ2v) is 2.46. The number of para-hydroxylation sites is 1. The molecule has 0 aromatic heterocycles. The molecule has 0 saturated carbocycles. The topological polar surface area (TPSA) is 21.3 Å². The van der Waals surface area contributed by atoms with E-state index in [4.69, 9.17) is 4.74 Å². The Labute approximate surface area is 71.4 Å². The Morgan fingerprint density at radius 2 is 2.25 bits per heavy atom. The van der Waals surface area contributed by atoms with Crippen molar-refractivity contribution in [2.24, 2.45) is 0 Å². The number of hydrogen-bond donors (Lipinski definition) is 1. The van der Waals surface area contributed by atoms with Crippen LogP contribution in [0.15, 0.2) is 18.2 Å². The van der Waals surface area contributed by atoms with Crippen molar-refractivity contribution in [2.75, 3.05) is 19.5 Å². The Morgan fingerprint density at radius 3 is 2.83 bits per heavy atom.